The smallest absolute Gasteiger partial charge is 0.264 e. The quantitative estimate of drug-likeness (QED) is 0.467. The fourth-order valence-corrected chi connectivity index (χ4v) is 5.38. The van der Waals surface area contributed by atoms with E-state index in [1.165, 1.54) is 19.2 Å². The number of morpholine rings is 1. The Morgan fingerprint density at radius 3 is 2.52 bits per heavy atom. The van der Waals surface area contributed by atoms with E-state index in [4.69, 9.17) is 4.74 Å². The van der Waals surface area contributed by atoms with Gasteiger partial charge in [-0.05, 0) is 45.2 Å². The first-order valence-corrected chi connectivity index (χ1v) is 13.9. The molecular formula is C30H35F3N6O3. The van der Waals surface area contributed by atoms with Crippen LogP contribution in [0.4, 0.5) is 30.4 Å². The molecule has 1 N–H and O–H groups in total. The Morgan fingerprint density at radius 2 is 1.86 bits per heavy atom. The highest BCUT2D eigenvalue weighted by Crippen LogP contribution is 2.36. The highest BCUT2D eigenvalue weighted by Gasteiger charge is 2.27. The van der Waals surface area contributed by atoms with E-state index < -0.39 is 29.3 Å². The number of nitrogens with zero attached hydrogens (tertiary/aromatic N) is 5. The second-order valence-electron chi connectivity index (χ2n) is 11.0. The van der Waals surface area contributed by atoms with Gasteiger partial charge in [-0.3, -0.25) is 9.59 Å². The van der Waals surface area contributed by atoms with Crippen molar-refractivity contribution >= 4 is 23.1 Å². The van der Waals surface area contributed by atoms with Crippen LogP contribution in [-0.2, 0) is 11.8 Å². The topological polar surface area (TPSA) is 82.9 Å². The van der Waals surface area contributed by atoms with Gasteiger partial charge in [0.15, 0.2) is 0 Å². The van der Waals surface area contributed by atoms with Crippen molar-refractivity contribution in [2.45, 2.75) is 32.4 Å². The zero-order valence-corrected chi connectivity index (χ0v) is 24.1. The molecular weight excluding hydrogens is 549 g/mol. The number of aryl methyl sites for hydroxylation is 1. The highest BCUT2D eigenvalue weighted by atomic mass is 19.3. The second kappa shape index (κ2) is 12.1. The molecule has 1 aromatic carbocycles. The van der Waals surface area contributed by atoms with Crippen molar-refractivity contribution in [1.29, 1.82) is 0 Å². The molecule has 2 atom stereocenters. The van der Waals surface area contributed by atoms with E-state index in [0.29, 0.717) is 44.0 Å². The number of hydrogen-bond donors (Lipinski definition) is 1. The summed E-state index contributed by atoms with van der Waals surface area (Å²) in [6.07, 6.45) is -0.276. The lowest BCUT2D eigenvalue weighted by Gasteiger charge is -2.39. The van der Waals surface area contributed by atoms with Crippen LogP contribution in [0.2, 0.25) is 0 Å². The summed E-state index contributed by atoms with van der Waals surface area (Å²) < 4.78 is 50.0. The Balaban J connectivity index is 1.53. The van der Waals surface area contributed by atoms with Crippen molar-refractivity contribution in [3.63, 3.8) is 0 Å². The number of carbonyl (C=O) groups is 1. The molecule has 224 valence electrons. The molecule has 0 bridgehead atoms. The van der Waals surface area contributed by atoms with Crippen LogP contribution in [0.25, 0.3) is 11.1 Å². The van der Waals surface area contributed by atoms with Crippen LogP contribution in [0.3, 0.4) is 0 Å². The van der Waals surface area contributed by atoms with Crippen LogP contribution in [-0.4, -0.2) is 78.9 Å². The summed E-state index contributed by atoms with van der Waals surface area (Å²) in [6.45, 7) is 7.92. The maximum Gasteiger partial charge on any atom is 0.264 e. The molecule has 9 nitrogen and oxygen atoms in total. The predicted molar refractivity (Wildman–Crippen MR) is 156 cm³/mol. The maximum absolute atomic E-state index is 15.7. The van der Waals surface area contributed by atoms with Gasteiger partial charge in [0.25, 0.3) is 17.9 Å². The number of likely N-dealkylation sites (N-methyl/N-ethyl adjacent to an activating group) is 1. The van der Waals surface area contributed by atoms with E-state index in [2.05, 4.69) is 27.0 Å². The van der Waals surface area contributed by atoms with Gasteiger partial charge in [-0.25, -0.2) is 18.2 Å². The van der Waals surface area contributed by atoms with E-state index in [-0.39, 0.29) is 29.0 Å². The summed E-state index contributed by atoms with van der Waals surface area (Å²) in [5.41, 5.74) is -0.220. The lowest BCUT2D eigenvalue weighted by Crippen LogP contribution is -2.50. The summed E-state index contributed by atoms with van der Waals surface area (Å²) >= 11 is 0. The van der Waals surface area contributed by atoms with Crippen LogP contribution in [0.15, 0.2) is 47.5 Å². The van der Waals surface area contributed by atoms with E-state index in [1.807, 2.05) is 24.9 Å². The lowest BCUT2D eigenvalue weighted by molar-refractivity contribution is 0.0529. The Hall–Kier alpha value is -3.90. The van der Waals surface area contributed by atoms with Crippen LogP contribution in [0.1, 0.15) is 36.2 Å². The molecule has 2 fully saturated rings. The summed E-state index contributed by atoms with van der Waals surface area (Å²) in [5, 5.41) is 2.75. The fraction of sp³-hybridized carbons (Fsp3) is 0.433. The molecule has 0 aliphatic carbocycles. The molecule has 2 aliphatic heterocycles. The normalized spacial score (nSPS) is 19.8. The van der Waals surface area contributed by atoms with Gasteiger partial charge in [0.05, 0.1) is 29.6 Å². The number of rotatable bonds is 6. The van der Waals surface area contributed by atoms with E-state index in [0.717, 1.165) is 29.2 Å². The number of benzene rings is 1. The van der Waals surface area contributed by atoms with Crippen LogP contribution >= 0.6 is 0 Å². The zero-order chi connectivity index (χ0) is 30.1. The van der Waals surface area contributed by atoms with Gasteiger partial charge in [-0.1, -0.05) is 0 Å². The average Bonchev–Trinajstić information content (AvgIpc) is 2.96. The number of nitrogens with one attached hydrogen (secondary N) is 1. The van der Waals surface area contributed by atoms with Gasteiger partial charge in [-0.15, -0.1) is 0 Å². The van der Waals surface area contributed by atoms with Gasteiger partial charge < -0.3 is 29.3 Å². The van der Waals surface area contributed by atoms with Gasteiger partial charge in [0.1, 0.15) is 11.6 Å². The third kappa shape index (κ3) is 6.14. The molecule has 4 heterocycles. The maximum atomic E-state index is 15.7. The Bertz CT molecular complexity index is 1510. The first kappa shape index (κ1) is 29.6. The average molecular weight is 585 g/mol. The van der Waals surface area contributed by atoms with Gasteiger partial charge in [0.2, 0.25) is 0 Å². The Morgan fingerprint density at radius 1 is 1.07 bits per heavy atom. The van der Waals surface area contributed by atoms with Crippen LogP contribution in [0, 0.1) is 5.82 Å². The minimum atomic E-state index is -3.03. The molecule has 2 aromatic heterocycles. The standard InChI is InChI=1S/C30H35F3N6O3/c1-18-15-38(8-7-36(18)3)26-13-24(31)21(20-5-6-27(34-14-20)39-9-10-42-19(2)16-39)11-25(26)35-30(41)23-17-37(4)28(40)12-22(23)29(32)33/h5-6,11-14,17-19,29H,7-10,15-16H2,1-4H3,(H,35,41)/t18-,19-/m1/s1. The van der Waals surface area contributed by atoms with Crippen molar-refractivity contribution < 1.29 is 22.7 Å². The highest BCUT2D eigenvalue weighted by molar-refractivity contribution is 6.07. The molecule has 0 unspecified atom stereocenters. The SMILES string of the molecule is C[C@@H]1CN(c2ccc(-c3cc(NC(=O)c4cn(C)c(=O)cc4C(F)F)c(N4CCN(C)[C@H](C)C4)cc3F)cn2)CCO1. The molecule has 1 amide bonds. The largest absolute Gasteiger partial charge is 0.375 e. The molecule has 2 aliphatic rings. The Labute approximate surface area is 242 Å². The molecule has 42 heavy (non-hydrogen) atoms. The lowest BCUT2D eigenvalue weighted by atomic mass is 10.0. The number of piperazine rings is 1. The van der Waals surface area contributed by atoms with Crippen LogP contribution in [0.5, 0.6) is 0 Å². The van der Waals surface area contributed by atoms with Crippen molar-refractivity contribution in [2.24, 2.45) is 7.05 Å². The number of aromatic nitrogens is 2. The van der Waals surface area contributed by atoms with Crippen molar-refractivity contribution in [1.82, 2.24) is 14.5 Å². The number of pyridine rings is 2. The minimum absolute atomic E-state index is 0.0753. The number of halogens is 3. The van der Waals surface area contributed by atoms with Crippen molar-refractivity contribution in [3.8, 4) is 11.1 Å². The van der Waals surface area contributed by atoms with E-state index in [9.17, 15) is 18.4 Å². The monoisotopic (exact) mass is 584 g/mol. The minimum Gasteiger partial charge on any atom is -0.375 e. The Kier molecular flexibility index (Phi) is 8.55. The number of hydrogen-bond acceptors (Lipinski definition) is 7. The molecule has 0 spiro atoms. The van der Waals surface area contributed by atoms with Gasteiger partial charge in [-0.2, -0.15) is 0 Å². The second-order valence-corrected chi connectivity index (χ2v) is 11.0. The number of anilines is 3. The first-order valence-electron chi connectivity index (χ1n) is 13.9. The molecule has 3 aromatic rings. The fourth-order valence-electron chi connectivity index (χ4n) is 5.38. The van der Waals surface area contributed by atoms with E-state index >= 15 is 4.39 Å². The van der Waals surface area contributed by atoms with E-state index in [1.54, 1.807) is 12.3 Å². The number of amides is 1. The molecule has 2 saturated heterocycles. The van der Waals surface area contributed by atoms with Crippen molar-refractivity contribution in [2.75, 3.05) is 61.5 Å². The number of alkyl halides is 2. The molecule has 12 heteroatoms. The number of carbonyl (C=O) groups excluding carboxylic acids is 1. The third-order valence-corrected chi connectivity index (χ3v) is 8.00. The predicted octanol–water partition coefficient (Wildman–Crippen LogP) is 4.14. The summed E-state index contributed by atoms with van der Waals surface area (Å²) in [6, 6.07) is 7.41. The zero-order valence-electron chi connectivity index (χ0n) is 24.1. The summed E-state index contributed by atoms with van der Waals surface area (Å²) in [4.78, 5) is 36.2. The third-order valence-electron chi connectivity index (χ3n) is 8.00. The molecule has 5 rings (SSSR count). The summed E-state index contributed by atoms with van der Waals surface area (Å²) in [5.74, 6) is -0.573. The van der Waals surface area contributed by atoms with Gasteiger partial charge in [0, 0.05) is 81.0 Å². The molecule has 0 saturated carbocycles. The summed E-state index contributed by atoms with van der Waals surface area (Å²) in [7, 11) is 3.39. The first-order chi connectivity index (χ1) is 20.0. The van der Waals surface area contributed by atoms with Crippen molar-refractivity contribution in [3.05, 3.63) is 70.0 Å². The van der Waals surface area contributed by atoms with Gasteiger partial charge >= 0.3 is 0 Å². The molecule has 0 radical (unpaired) electrons. The number of ether oxygens (including phenoxy) is 1. The van der Waals surface area contributed by atoms with Crippen LogP contribution < -0.4 is 20.7 Å².